The normalized spacial score (nSPS) is 14.3. The molecule has 0 spiro atoms. The van der Waals surface area contributed by atoms with Crippen LogP contribution in [0, 0.1) is 5.92 Å². The van der Waals surface area contributed by atoms with Gasteiger partial charge in [0, 0.05) is 5.92 Å². The van der Waals surface area contributed by atoms with Gasteiger partial charge in [0.05, 0.1) is 0 Å². The maximum Gasteiger partial charge on any atom is 0.236 e. The molecule has 4 nitrogen and oxygen atoms in total. The van der Waals surface area contributed by atoms with Gasteiger partial charge in [0.1, 0.15) is 5.75 Å². The summed E-state index contributed by atoms with van der Waals surface area (Å²) < 4.78 is 0. The third-order valence-electron chi connectivity index (χ3n) is 2.87. The van der Waals surface area contributed by atoms with Gasteiger partial charge in [-0.05, 0) is 25.0 Å². The Balaban J connectivity index is 0.000000316. The summed E-state index contributed by atoms with van der Waals surface area (Å²) in [5, 5.41) is 8.63. The van der Waals surface area contributed by atoms with Gasteiger partial charge < -0.3 is 5.11 Å². The number of amides is 1. The van der Waals surface area contributed by atoms with Crippen LogP contribution in [0.2, 0.25) is 0 Å². The van der Waals surface area contributed by atoms with Crippen molar-refractivity contribution in [2.75, 3.05) is 0 Å². The lowest BCUT2D eigenvalue weighted by molar-refractivity contribution is -0.125. The fraction of sp³-hybridized carbons (Fsp3) is 0.533. The zero-order valence-corrected chi connectivity index (χ0v) is 11.9. The third kappa shape index (κ3) is 8.21. The number of rotatable bonds is 1. The summed E-state index contributed by atoms with van der Waals surface area (Å²) in [6, 6.07) is 8.71. The standard InChI is InChI=1S/C7H14N2O.C6H6O.C2H6/c8-9-7(10)6-4-2-1-3-5-6;7-6-4-2-1-3-5-6;1-2/h6H,1-5,8H2,(H,9,10);1-5,7H;1-2H3. The SMILES string of the molecule is CC.NNC(=O)C1CCCCC1.Oc1ccccc1. The minimum Gasteiger partial charge on any atom is -0.508 e. The molecular weight excluding hydrogens is 240 g/mol. The molecule has 1 amide bonds. The smallest absolute Gasteiger partial charge is 0.236 e. The zero-order chi connectivity index (χ0) is 14.5. The second kappa shape index (κ2) is 11.5. The van der Waals surface area contributed by atoms with Gasteiger partial charge in [-0.2, -0.15) is 0 Å². The Bertz CT molecular complexity index is 322. The molecule has 4 N–H and O–H groups in total. The van der Waals surface area contributed by atoms with Crippen LogP contribution in [0.3, 0.4) is 0 Å². The van der Waals surface area contributed by atoms with Crippen LogP contribution in [0.1, 0.15) is 46.0 Å². The Hall–Kier alpha value is -1.55. The first-order valence-electron chi connectivity index (χ1n) is 6.98. The monoisotopic (exact) mass is 266 g/mol. The number of hydrogen-bond donors (Lipinski definition) is 3. The molecule has 0 atom stereocenters. The molecule has 0 unspecified atom stereocenters. The van der Waals surface area contributed by atoms with Crippen molar-refractivity contribution in [3.63, 3.8) is 0 Å². The van der Waals surface area contributed by atoms with Gasteiger partial charge in [0.2, 0.25) is 5.91 Å². The first-order chi connectivity index (χ1) is 9.24. The summed E-state index contributed by atoms with van der Waals surface area (Å²) in [5.74, 6) is 5.53. The molecular formula is C15H26N2O2. The van der Waals surface area contributed by atoms with E-state index in [1.807, 2.05) is 19.9 Å². The van der Waals surface area contributed by atoms with Crippen molar-refractivity contribution in [1.82, 2.24) is 5.43 Å². The highest BCUT2D eigenvalue weighted by molar-refractivity contribution is 5.77. The lowest BCUT2D eigenvalue weighted by atomic mass is 9.89. The molecule has 1 aliphatic rings. The molecule has 19 heavy (non-hydrogen) atoms. The average molecular weight is 266 g/mol. The minimum absolute atomic E-state index is 0.0136. The molecule has 0 radical (unpaired) electrons. The van der Waals surface area contributed by atoms with Crippen molar-refractivity contribution in [3.8, 4) is 5.75 Å². The topological polar surface area (TPSA) is 75.3 Å². The molecule has 1 aliphatic carbocycles. The fourth-order valence-electron chi connectivity index (χ4n) is 1.91. The van der Waals surface area contributed by atoms with E-state index in [1.54, 1.807) is 24.3 Å². The first kappa shape index (κ1) is 17.4. The second-order valence-electron chi connectivity index (χ2n) is 4.18. The van der Waals surface area contributed by atoms with Crippen LogP contribution >= 0.6 is 0 Å². The Kier molecular flexibility index (Phi) is 10.6. The molecule has 4 heteroatoms. The van der Waals surface area contributed by atoms with Crippen LogP contribution in [-0.4, -0.2) is 11.0 Å². The van der Waals surface area contributed by atoms with E-state index in [-0.39, 0.29) is 11.8 Å². The number of phenolic OH excluding ortho intramolecular Hbond substituents is 1. The van der Waals surface area contributed by atoms with Crippen LogP contribution in [0.15, 0.2) is 30.3 Å². The Morgan fingerprint density at radius 1 is 1.16 bits per heavy atom. The second-order valence-corrected chi connectivity index (χ2v) is 4.18. The summed E-state index contributed by atoms with van der Waals surface area (Å²) in [6.07, 6.45) is 5.66. The predicted octanol–water partition coefficient (Wildman–Crippen LogP) is 2.98. The summed E-state index contributed by atoms with van der Waals surface area (Å²) in [5.41, 5.74) is 2.20. The quantitative estimate of drug-likeness (QED) is 0.415. The number of hydrogen-bond acceptors (Lipinski definition) is 3. The van der Waals surface area contributed by atoms with E-state index in [0.717, 1.165) is 12.8 Å². The van der Waals surface area contributed by atoms with E-state index in [9.17, 15) is 4.79 Å². The summed E-state index contributed by atoms with van der Waals surface area (Å²) >= 11 is 0. The Morgan fingerprint density at radius 2 is 1.68 bits per heavy atom. The molecule has 0 bridgehead atoms. The number of para-hydroxylation sites is 1. The molecule has 1 saturated carbocycles. The Morgan fingerprint density at radius 3 is 2.05 bits per heavy atom. The van der Waals surface area contributed by atoms with E-state index in [0.29, 0.717) is 5.75 Å². The average Bonchev–Trinajstić information content (AvgIpc) is 2.51. The van der Waals surface area contributed by atoms with Crippen molar-refractivity contribution in [1.29, 1.82) is 0 Å². The number of aromatic hydroxyl groups is 1. The molecule has 1 fully saturated rings. The lowest BCUT2D eigenvalue weighted by Gasteiger charge is -2.19. The van der Waals surface area contributed by atoms with Gasteiger partial charge in [-0.3, -0.25) is 10.2 Å². The number of nitrogens with two attached hydrogens (primary N) is 1. The van der Waals surface area contributed by atoms with E-state index < -0.39 is 0 Å². The van der Waals surface area contributed by atoms with Gasteiger partial charge >= 0.3 is 0 Å². The van der Waals surface area contributed by atoms with Crippen molar-refractivity contribution < 1.29 is 9.90 Å². The van der Waals surface area contributed by atoms with Crippen LogP contribution < -0.4 is 11.3 Å². The molecule has 108 valence electrons. The number of phenols is 1. The summed E-state index contributed by atoms with van der Waals surface area (Å²) in [4.78, 5) is 10.9. The first-order valence-corrected chi connectivity index (χ1v) is 6.98. The van der Waals surface area contributed by atoms with Crippen LogP contribution in [0.5, 0.6) is 5.75 Å². The van der Waals surface area contributed by atoms with Crippen molar-refractivity contribution in [2.24, 2.45) is 11.8 Å². The largest absolute Gasteiger partial charge is 0.508 e. The van der Waals surface area contributed by atoms with Gasteiger partial charge in [-0.1, -0.05) is 51.3 Å². The van der Waals surface area contributed by atoms with Crippen LogP contribution in [0.25, 0.3) is 0 Å². The van der Waals surface area contributed by atoms with Gasteiger partial charge in [-0.15, -0.1) is 0 Å². The highest BCUT2D eigenvalue weighted by Crippen LogP contribution is 2.23. The summed E-state index contributed by atoms with van der Waals surface area (Å²) in [7, 11) is 0. The maximum absolute atomic E-state index is 10.9. The van der Waals surface area contributed by atoms with E-state index in [4.69, 9.17) is 10.9 Å². The van der Waals surface area contributed by atoms with Crippen LogP contribution in [0.4, 0.5) is 0 Å². The molecule has 0 heterocycles. The molecule has 0 aromatic heterocycles. The number of hydrazine groups is 1. The third-order valence-corrected chi connectivity index (χ3v) is 2.87. The van der Waals surface area contributed by atoms with E-state index >= 15 is 0 Å². The maximum atomic E-state index is 10.9. The molecule has 1 aromatic carbocycles. The predicted molar refractivity (Wildman–Crippen MR) is 78.4 cm³/mol. The number of nitrogens with one attached hydrogen (secondary N) is 1. The fourth-order valence-corrected chi connectivity index (χ4v) is 1.91. The van der Waals surface area contributed by atoms with Crippen LogP contribution in [-0.2, 0) is 4.79 Å². The lowest BCUT2D eigenvalue weighted by Crippen LogP contribution is -2.36. The van der Waals surface area contributed by atoms with Crippen molar-refractivity contribution in [2.45, 2.75) is 46.0 Å². The minimum atomic E-state index is 0.0136. The number of benzene rings is 1. The Labute approximate surface area is 116 Å². The van der Waals surface area contributed by atoms with Gasteiger partial charge in [0.25, 0.3) is 0 Å². The van der Waals surface area contributed by atoms with Crippen molar-refractivity contribution in [3.05, 3.63) is 30.3 Å². The molecule has 2 rings (SSSR count). The molecule has 0 saturated heterocycles. The number of carbonyl (C=O) groups is 1. The number of carbonyl (C=O) groups excluding carboxylic acids is 1. The van der Waals surface area contributed by atoms with Crippen molar-refractivity contribution >= 4 is 5.91 Å². The zero-order valence-electron chi connectivity index (χ0n) is 11.9. The molecule has 0 aliphatic heterocycles. The summed E-state index contributed by atoms with van der Waals surface area (Å²) in [6.45, 7) is 4.00. The van der Waals surface area contributed by atoms with Gasteiger partial charge in [-0.25, -0.2) is 5.84 Å². The van der Waals surface area contributed by atoms with Gasteiger partial charge in [0.15, 0.2) is 0 Å². The van der Waals surface area contributed by atoms with E-state index in [2.05, 4.69) is 5.43 Å². The highest BCUT2D eigenvalue weighted by atomic mass is 16.3. The highest BCUT2D eigenvalue weighted by Gasteiger charge is 2.19. The molecule has 1 aromatic rings. The van der Waals surface area contributed by atoms with E-state index in [1.165, 1.54) is 19.3 Å².